The highest BCUT2D eigenvalue weighted by atomic mass is 31.2. The fraction of sp³-hybridized carbons (Fsp3) is 0.731. The number of hydrogen-bond donors (Lipinski definition) is 1. The van der Waals surface area contributed by atoms with Crippen molar-refractivity contribution in [2.24, 2.45) is 0 Å². The summed E-state index contributed by atoms with van der Waals surface area (Å²) in [5.41, 5.74) is 0.380. The second kappa shape index (κ2) is 15.1. The lowest BCUT2D eigenvalue weighted by Crippen LogP contribution is -2.38. The minimum absolute atomic E-state index is 0.0376. The number of hydrogen-bond acceptors (Lipinski definition) is 8. The summed E-state index contributed by atoms with van der Waals surface area (Å²) in [6.07, 6.45) is 2.27. The normalized spacial score (nSPS) is 14.2. The van der Waals surface area contributed by atoms with Crippen LogP contribution in [0.1, 0.15) is 85.8 Å². The van der Waals surface area contributed by atoms with Crippen LogP contribution in [0.25, 0.3) is 0 Å². The van der Waals surface area contributed by atoms with E-state index in [1.54, 1.807) is 19.1 Å². The van der Waals surface area contributed by atoms with Crippen LogP contribution in [0, 0.1) is 21.4 Å². The summed E-state index contributed by atoms with van der Waals surface area (Å²) >= 11 is 0. The van der Waals surface area contributed by atoms with Crippen LogP contribution >= 0.6 is 8.53 Å². The highest BCUT2D eigenvalue weighted by Gasteiger charge is 2.37. The first-order chi connectivity index (χ1) is 17.1. The van der Waals surface area contributed by atoms with Crippen molar-refractivity contribution in [2.45, 2.75) is 110 Å². The minimum Gasteiger partial charge on any atom is -0.494 e. The monoisotopic (exact) mass is 555 g/mol. The van der Waals surface area contributed by atoms with Crippen LogP contribution in [0.15, 0.2) is 18.2 Å². The zero-order chi connectivity index (χ0) is 28.4. The summed E-state index contributed by atoms with van der Waals surface area (Å²) < 4.78 is 20.3. The van der Waals surface area contributed by atoms with Gasteiger partial charge in [0.1, 0.15) is 5.75 Å². The van der Waals surface area contributed by atoms with E-state index in [-0.39, 0.29) is 35.8 Å². The van der Waals surface area contributed by atoms with Gasteiger partial charge in [0, 0.05) is 18.2 Å². The Balaban J connectivity index is 3.00. The molecule has 0 aliphatic carbocycles. The first kappa shape index (κ1) is 33.4. The largest absolute Gasteiger partial charge is 0.494 e. The van der Waals surface area contributed by atoms with E-state index in [2.05, 4.69) is 24.6 Å². The first-order valence-corrected chi connectivity index (χ1v) is 17.1. The number of benzene rings is 1. The number of nitrogens with zero attached hydrogens (tertiary/aromatic N) is 3. The third kappa shape index (κ3) is 10.6. The van der Waals surface area contributed by atoms with Crippen LogP contribution in [0.3, 0.4) is 0 Å². The number of ether oxygens (including phenoxy) is 1. The molecule has 9 nitrogen and oxygen atoms in total. The lowest BCUT2D eigenvalue weighted by Gasteiger charge is -2.36. The molecule has 0 fully saturated rings. The van der Waals surface area contributed by atoms with Gasteiger partial charge in [-0.05, 0) is 84.1 Å². The van der Waals surface area contributed by atoms with E-state index in [1.807, 2.05) is 40.8 Å². The van der Waals surface area contributed by atoms with Crippen molar-refractivity contribution in [1.82, 2.24) is 4.67 Å². The van der Waals surface area contributed by atoms with Crippen molar-refractivity contribution in [3.05, 3.63) is 33.9 Å². The molecule has 37 heavy (non-hydrogen) atoms. The molecule has 2 unspecified atom stereocenters. The Hall–Kier alpha value is -1.60. The summed E-state index contributed by atoms with van der Waals surface area (Å²) in [6, 6.07) is 7.06. The third-order valence-electron chi connectivity index (χ3n) is 6.67. The zero-order valence-electron chi connectivity index (χ0n) is 24.0. The Kier molecular flexibility index (Phi) is 13.6. The predicted octanol–water partition coefficient (Wildman–Crippen LogP) is 7.48. The SMILES string of the molecule is CC(OP(OCCC#N)N(C(C)C)C(C)C)c1cc(OCCCCC(C)(C)[Si](C)(C)O)ccc1[N+](=O)[O-]. The van der Waals surface area contributed by atoms with Gasteiger partial charge in [-0.25, -0.2) is 4.67 Å². The van der Waals surface area contributed by atoms with E-state index in [0.29, 0.717) is 17.9 Å². The smallest absolute Gasteiger partial charge is 0.275 e. The topological polar surface area (TPSA) is 118 Å². The number of rotatable bonds is 17. The maximum absolute atomic E-state index is 11.8. The zero-order valence-corrected chi connectivity index (χ0v) is 25.9. The first-order valence-electron chi connectivity index (χ1n) is 13.0. The van der Waals surface area contributed by atoms with Crippen molar-refractivity contribution in [3.8, 4) is 11.8 Å². The van der Waals surface area contributed by atoms with Gasteiger partial charge < -0.3 is 18.6 Å². The fourth-order valence-corrected chi connectivity index (χ4v) is 6.24. The molecule has 11 heteroatoms. The van der Waals surface area contributed by atoms with Gasteiger partial charge in [-0.2, -0.15) is 5.26 Å². The Morgan fingerprint density at radius 3 is 2.30 bits per heavy atom. The van der Waals surface area contributed by atoms with E-state index in [9.17, 15) is 14.9 Å². The van der Waals surface area contributed by atoms with Crippen molar-refractivity contribution in [3.63, 3.8) is 0 Å². The van der Waals surface area contributed by atoms with Crippen molar-refractivity contribution in [2.75, 3.05) is 13.2 Å². The number of nitriles is 1. The maximum Gasteiger partial charge on any atom is 0.275 e. The van der Waals surface area contributed by atoms with Gasteiger partial charge in [-0.15, -0.1) is 0 Å². The van der Waals surface area contributed by atoms with Crippen molar-refractivity contribution < 1.29 is 23.5 Å². The molecule has 1 aromatic carbocycles. The lowest BCUT2D eigenvalue weighted by molar-refractivity contribution is -0.386. The molecule has 1 N–H and O–H groups in total. The summed E-state index contributed by atoms with van der Waals surface area (Å²) in [6.45, 7) is 18.8. The van der Waals surface area contributed by atoms with Crippen LogP contribution in [0.2, 0.25) is 18.1 Å². The predicted molar refractivity (Wildman–Crippen MR) is 151 cm³/mol. The molecule has 2 atom stereocenters. The highest BCUT2D eigenvalue weighted by molar-refractivity contribution is 7.44. The molecule has 0 bridgehead atoms. The van der Waals surface area contributed by atoms with E-state index in [4.69, 9.17) is 19.0 Å². The van der Waals surface area contributed by atoms with Crippen LogP contribution in [-0.4, -0.2) is 48.0 Å². The molecular weight excluding hydrogens is 509 g/mol. The van der Waals surface area contributed by atoms with E-state index < -0.39 is 27.9 Å². The van der Waals surface area contributed by atoms with Gasteiger partial charge in [-0.1, -0.05) is 13.8 Å². The molecule has 210 valence electrons. The molecule has 0 amide bonds. The molecule has 0 saturated carbocycles. The standard InChI is InChI=1S/C26H46N3O6PSi/c1-20(2)28(21(3)4)36(34-18-12-16-27)35-22(5)24-19-23(13-14-25(24)29(30)31)33-17-11-10-15-26(6,7)37(8,9)32/h13-14,19-22,32H,10-12,15,17-18H2,1-9H3. The molecule has 0 aliphatic rings. The van der Waals surface area contributed by atoms with E-state index in [0.717, 1.165) is 19.3 Å². The molecular formula is C26H46N3O6PSi. The van der Waals surface area contributed by atoms with E-state index >= 15 is 0 Å². The number of nitro groups is 1. The summed E-state index contributed by atoms with van der Waals surface area (Å²) in [7, 11) is -3.79. The van der Waals surface area contributed by atoms with Gasteiger partial charge in [0.25, 0.3) is 14.2 Å². The molecule has 0 aliphatic heterocycles. The Morgan fingerprint density at radius 1 is 1.16 bits per heavy atom. The molecule has 0 aromatic heterocycles. The van der Waals surface area contributed by atoms with Gasteiger partial charge >= 0.3 is 0 Å². The second-order valence-corrected chi connectivity index (χ2v) is 16.9. The van der Waals surface area contributed by atoms with Gasteiger partial charge in [0.2, 0.25) is 0 Å². The average molecular weight is 556 g/mol. The molecule has 0 saturated heterocycles. The summed E-state index contributed by atoms with van der Waals surface area (Å²) in [4.78, 5) is 21.8. The van der Waals surface area contributed by atoms with Crippen LogP contribution in [0.5, 0.6) is 5.75 Å². The molecule has 1 rings (SSSR count). The Labute approximate surface area is 225 Å². The maximum atomic E-state index is 11.8. The third-order valence-corrected chi connectivity index (χ3v) is 12.4. The van der Waals surface area contributed by atoms with Crippen LogP contribution in [0.4, 0.5) is 5.69 Å². The van der Waals surface area contributed by atoms with Gasteiger partial charge in [0.15, 0.2) is 8.32 Å². The Morgan fingerprint density at radius 2 is 1.78 bits per heavy atom. The number of nitro benzene ring substituents is 1. The molecule has 0 heterocycles. The van der Waals surface area contributed by atoms with Crippen LogP contribution < -0.4 is 4.74 Å². The summed E-state index contributed by atoms with van der Waals surface area (Å²) in [5.74, 6) is 0.548. The van der Waals surface area contributed by atoms with Crippen molar-refractivity contribution in [1.29, 1.82) is 5.26 Å². The van der Waals surface area contributed by atoms with E-state index in [1.165, 1.54) is 6.07 Å². The van der Waals surface area contributed by atoms with Gasteiger partial charge in [-0.3, -0.25) is 10.1 Å². The molecule has 1 aromatic rings. The number of unbranched alkanes of at least 4 members (excludes halogenated alkanes) is 1. The van der Waals surface area contributed by atoms with Gasteiger partial charge in [0.05, 0.1) is 42.3 Å². The average Bonchev–Trinajstić information content (AvgIpc) is 2.77. The lowest BCUT2D eigenvalue weighted by atomic mass is 10.1. The second-order valence-electron chi connectivity index (χ2n) is 11.0. The minimum atomic E-state index is -2.24. The quantitative estimate of drug-likeness (QED) is 0.0691. The fourth-order valence-electron chi connectivity index (χ4n) is 3.77. The molecule has 0 radical (unpaired) electrons. The van der Waals surface area contributed by atoms with Crippen molar-refractivity contribution >= 4 is 22.5 Å². The highest BCUT2D eigenvalue weighted by Crippen LogP contribution is 2.50. The molecule has 0 spiro atoms. The summed E-state index contributed by atoms with van der Waals surface area (Å²) in [5, 5.41) is 20.6. The Bertz CT molecular complexity index is 893. The van der Waals surface area contributed by atoms with Crippen LogP contribution in [-0.2, 0) is 9.05 Å².